The normalized spacial score (nSPS) is 22.9. The van der Waals surface area contributed by atoms with E-state index in [0.717, 1.165) is 31.9 Å². The van der Waals surface area contributed by atoms with Crippen molar-refractivity contribution in [2.45, 2.75) is 19.5 Å². The third-order valence-electron chi connectivity index (χ3n) is 2.68. The van der Waals surface area contributed by atoms with Crippen molar-refractivity contribution in [3.05, 3.63) is 23.2 Å². The molecule has 0 unspecified atom stereocenters. The maximum Gasteiger partial charge on any atom is 0.147 e. The molecule has 1 aromatic rings. The lowest BCUT2D eigenvalue weighted by atomic mass is 10.2. The molecule has 4 nitrogen and oxygen atoms in total. The standard InChI is InChI=1S/C10H15ClN4/c1-8-4-12-2-3-15(8)7-9-5-14-10(11)6-13-9/h5-6,8,12H,2-4,7H2,1H3/t8-/m1/s1. The van der Waals surface area contributed by atoms with Gasteiger partial charge >= 0.3 is 0 Å². The van der Waals surface area contributed by atoms with Crippen LogP contribution < -0.4 is 5.32 Å². The molecule has 0 bridgehead atoms. The molecule has 2 heterocycles. The van der Waals surface area contributed by atoms with Gasteiger partial charge in [0, 0.05) is 32.2 Å². The predicted molar refractivity (Wildman–Crippen MR) is 59.8 cm³/mol. The van der Waals surface area contributed by atoms with Crippen molar-refractivity contribution in [1.29, 1.82) is 0 Å². The fourth-order valence-electron chi connectivity index (χ4n) is 1.75. The molecular weight excluding hydrogens is 212 g/mol. The third-order valence-corrected chi connectivity index (χ3v) is 2.87. The van der Waals surface area contributed by atoms with Crippen LogP contribution in [0.2, 0.25) is 5.15 Å². The van der Waals surface area contributed by atoms with E-state index in [2.05, 4.69) is 27.1 Å². The van der Waals surface area contributed by atoms with Crippen molar-refractivity contribution in [2.75, 3.05) is 19.6 Å². The molecule has 0 saturated carbocycles. The van der Waals surface area contributed by atoms with Crippen LogP contribution in [0.1, 0.15) is 12.6 Å². The number of hydrogen-bond donors (Lipinski definition) is 1. The summed E-state index contributed by atoms with van der Waals surface area (Å²) in [7, 11) is 0. The Labute approximate surface area is 94.7 Å². The highest BCUT2D eigenvalue weighted by molar-refractivity contribution is 6.29. The van der Waals surface area contributed by atoms with Crippen molar-refractivity contribution in [2.24, 2.45) is 0 Å². The summed E-state index contributed by atoms with van der Waals surface area (Å²) in [4.78, 5) is 10.7. The van der Waals surface area contributed by atoms with E-state index < -0.39 is 0 Å². The summed E-state index contributed by atoms with van der Waals surface area (Å²) in [6.45, 7) is 6.22. The fraction of sp³-hybridized carbons (Fsp3) is 0.600. The Balaban J connectivity index is 1.98. The molecule has 1 aliphatic heterocycles. The van der Waals surface area contributed by atoms with E-state index in [1.54, 1.807) is 12.4 Å². The van der Waals surface area contributed by atoms with E-state index in [9.17, 15) is 0 Å². The second-order valence-corrected chi connectivity index (χ2v) is 4.24. The molecule has 0 amide bonds. The highest BCUT2D eigenvalue weighted by atomic mass is 35.5. The van der Waals surface area contributed by atoms with Crippen molar-refractivity contribution in [3.8, 4) is 0 Å². The minimum absolute atomic E-state index is 0.451. The topological polar surface area (TPSA) is 41.0 Å². The Morgan fingerprint density at radius 2 is 2.40 bits per heavy atom. The summed E-state index contributed by atoms with van der Waals surface area (Å²) < 4.78 is 0. The first-order valence-corrected chi connectivity index (χ1v) is 5.54. The van der Waals surface area contributed by atoms with Gasteiger partial charge in [-0.3, -0.25) is 9.88 Å². The minimum atomic E-state index is 0.451. The van der Waals surface area contributed by atoms with Crippen LogP contribution in [-0.4, -0.2) is 40.5 Å². The molecule has 1 aliphatic rings. The van der Waals surface area contributed by atoms with Gasteiger partial charge in [-0.25, -0.2) is 4.98 Å². The average Bonchev–Trinajstić information content (AvgIpc) is 2.25. The van der Waals surface area contributed by atoms with Crippen LogP contribution >= 0.6 is 11.6 Å². The van der Waals surface area contributed by atoms with Gasteiger partial charge in [-0.1, -0.05) is 11.6 Å². The smallest absolute Gasteiger partial charge is 0.147 e. The van der Waals surface area contributed by atoms with E-state index in [1.807, 2.05) is 0 Å². The number of aromatic nitrogens is 2. The van der Waals surface area contributed by atoms with Gasteiger partial charge in [0.25, 0.3) is 0 Å². The van der Waals surface area contributed by atoms with Gasteiger partial charge in [-0.05, 0) is 6.92 Å². The van der Waals surface area contributed by atoms with Gasteiger partial charge in [0.2, 0.25) is 0 Å². The van der Waals surface area contributed by atoms with Crippen LogP contribution in [0.15, 0.2) is 12.4 Å². The van der Waals surface area contributed by atoms with Crippen molar-refractivity contribution in [3.63, 3.8) is 0 Å². The average molecular weight is 227 g/mol. The van der Waals surface area contributed by atoms with Crippen molar-refractivity contribution >= 4 is 11.6 Å². The largest absolute Gasteiger partial charge is 0.314 e. The first kappa shape index (κ1) is 10.8. The number of piperazine rings is 1. The van der Waals surface area contributed by atoms with Crippen LogP contribution in [0, 0.1) is 0 Å². The Kier molecular flexibility index (Phi) is 3.51. The zero-order chi connectivity index (χ0) is 10.7. The number of nitrogens with one attached hydrogen (secondary N) is 1. The maximum atomic E-state index is 5.69. The highest BCUT2D eigenvalue weighted by Crippen LogP contribution is 2.08. The van der Waals surface area contributed by atoms with Crippen LogP contribution in [0.5, 0.6) is 0 Å². The summed E-state index contributed by atoms with van der Waals surface area (Å²) in [5.41, 5.74) is 0.980. The molecule has 1 N–H and O–H groups in total. The lowest BCUT2D eigenvalue weighted by molar-refractivity contribution is 0.163. The van der Waals surface area contributed by atoms with Crippen LogP contribution in [-0.2, 0) is 6.54 Å². The highest BCUT2D eigenvalue weighted by Gasteiger charge is 2.18. The lowest BCUT2D eigenvalue weighted by Crippen LogP contribution is -2.49. The monoisotopic (exact) mass is 226 g/mol. The van der Waals surface area contributed by atoms with E-state index >= 15 is 0 Å². The zero-order valence-corrected chi connectivity index (χ0v) is 9.54. The Bertz CT molecular complexity index is 314. The van der Waals surface area contributed by atoms with Crippen LogP contribution in [0.4, 0.5) is 0 Å². The second-order valence-electron chi connectivity index (χ2n) is 3.85. The molecule has 0 radical (unpaired) electrons. The number of halogens is 1. The molecule has 1 aromatic heterocycles. The van der Waals surface area contributed by atoms with Gasteiger partial charge in [0.05, 0.1) is 18.1 Å². The molecule has 82 valence electrons. The molecular formula is C10H15ClN4. The molecule has 0 aliphatic carbocycles. The maximum absolute atomic E-state index is 5.69. The molecule has 1 fully saturated rings. The first-order chi connectivity index (χ1) is 7.25. The molecule has 2 rings (SSSR count). The van der Waals surface area contributed by atoms with E-state index in [4.69, 9.17) is 11.6 Å². The van der Waals surface area contributed by atoms with Crippen molar-refractivity contribution in [1.82, 2.24) is 20.2 Å². The summed E-state index contributed by atoms with van der Waals surface area (Å²) in [6, 6.07) is 0.552. The first-order valence-electron chi connectivity index (χ1n) is 5.17. The zero-order valence-electron chi connectivity index (χ0n) is 8.78. The quantitative estimate of drug-likeness (QED) is 0.815. The molecule has 15 heavy (non-hydrogen) atoms. The third kappa shape index (κ3) is 2.87. The Hall–Kier alpha value is -0.710. The summed E-state index contributed by atoms with van der Waals surface area (Å²) in [6.07, 6.45) is 3.35. The fourth-order valence-corrected chi connectivity index (χ4v) is 1.84. The summed E-state index contributed by atoms with van der Waals surface area (Å²) >= 11 is 5.69. The van der Waals surface area contributed by atoms with Crippen molar-refractivity contribution < 1.29 is 0 Å². The summed E-state index contributed by atoms with van der Waals surface area (Å²) in [5, 5.41) is 3.81. The van der Waals surface area contributed by atoms with E-state index in [0.29, 0.717) is 11.2 Å². The number of hydrogen-bond acceptors (Lipinski definition) is 4. The predicted octanol–water partition coefficient (Wildman–Crippen LogP) is 0.924. The Morgan fingerprint density at radius 3 is 3.07 bits per heavy atom. The molecule has 1 atom stereocenters. The van der Waals surface area contributed by atoms with Gasteiger partial charge in [-0.15, -0.1) is 0 Å². The summed E-state index contributed by atoms with van der Waals surface area (Å²) in [5.74, 6) is 0. The number of rotatable bonds is 2. The second kappa shape index (κ2) is 4.88. The van der Waals surface area contributed by atoms with Crippen LogP contribution in [0.25, 0.3) is 0 Å². The lowest BCUT2D eigenvalue weighted by Gasteiger charge is -2.33. The molecule has 1 saturated heterocycles. The van der Waals surface area contributed by atoms with Gasteiger partial charge in [0.1, 0.15) is 5.15 Å². The van der Waals surface area contributed by atoms with Crippen LogP contribution in [0.3, 0.4) is 0 Å². The van der Waals surface area contributed by atoms with Gasteiger partial charge in [-0.2, -0.15) is 0 Å². The minimum Gasteiger partial charge on any atom is -0.314 e. The number of nitrogens with zero attached hydrogens (tertiary/aromatic N) is 3. The molecule has 0 spiro atoms. The van der Waals surface area contributed by atoms with Gasteiger partial charge in [0.15, 0.2) is 0 Å². The molecule has 0 aromatic carbocycles. The molecule has 5 heteroatoms. The van der Waals surface area contributed by atoms with E-state index in [-0.39, 0.29) is 0 Å². The van der Waals surface area contributed by atoms with E-state index in [1.165, 1.54) is 0 Å². The Morgan fingerprint density at radius 1 is 1.53 bits per heavy atom. The SMILES string of the molecule is C[C@@H]1CNCCN1Cc1cnc(Cl)cn1. The van der Waals surface area contributed by atoms with Gasteiger partial charge < -0.3 is 5.32 Å².